The molecule has 2 aliphatic rings. The van der Waals surface area contributed by atoms with Gasteiger partial charge in [0.1, 0.15) is 5.78 Å². The molecule has 1 aliphatic heterocycles. The average Bonchev–Trinajstić information content (AvgIpc) is 2.79. The molecule has 0 radical (unpaired) electrons. The van der Waals surface area contributed by atoms with Crippen LogP contribution in [0.1, 0.15) is 39.0 Å². The largest absolute Gasteiger partial charge is 0.379 e. The highest BCUT2D eigenvalue weighted by molar-refractivity contribution is 5.86. The van der Waals surface area contributed by atoms with Gasteiger partial charge in [0.25, 0.3) is 0 Å². The van der Waals surface area contributed by atoms with Crippen LogP contribution >= 0.6 is 0 Å². The molecule has 0 aromatic rings. The number of carbonyl (C=O) groups is 1. The van der Waals surface area contributed by atoms with Gasteiger partial charge in [-0.15, -0.1) is 0 Å². The van der Waals surface area contributed by atoms with Crippen molar-refractivity contribution in [3.8, 4) is 0 Å². The van der Waals surface area contributed by atoms with E-state index in [2.05, 4.69) is 0 Å². The standard InChI is InChI=1S/C12H21NO2/c1-12(8-15-7-10(12)13)11(14)6-9-4-2-3-5-9/h9-10H,2-8,13H2,1H3. The number of carbonyl (C=O) groups excluding carboxylic acids is 1. The molecular weight excluding hydrogens is 190 g/mol. The van der Waals surface area contributed by atoms with Crippen molar-refractivity contribution >= 4 is 5.78 Å². The molecule has 1 saturated carbocycles. The fourth-order valence-electron chi connectivity index (χ4n) is 2.69. The van der Waals surface area contributed by atoms with Gasteiger partial charge in [-0.3, -0.25) is 4.79 Å². The van der Waals surface area contributed by atoms with E-state index in [1.54, 1.807) is 0 Å². The molecule has 0 aromatic heterocycles. The Kier molecular flexibility index (Phi) is 3.12. The molecular formula is C12H21NO2. The fraction of sp³-hybridized carbons (Fsp3) is 0.917. The highest BCUT2D eigenvalue weighted by atomic mass is 16.5. The van der Waals surface area contributed by atoms with Crippen molar-refractivity contribution in [2.45, 2.75) is 45.1 Å². The monoisotopic (exact) mass is 211 g/mol. The maximum atomic E-state index is 12.2. The van der Waals surface area contributed by atoms with Gasteiger partial charge in [-0.25, -0.2) is 0 Å². The Hall–Kier alpha value is -0.410. The van der Waals surface area contributed by atoms with Crippen LogP contribution in [0.25, 0.3) is 0 Å². The normalized spacial score (nSPS) is 37.3. The first kappa shape index (κ1) is 11.1. The summed E-state index contributed by atoms with van der Waals surface area (Å²) in [5.74, 6) is 0.932. The smallest absolute Gasteiger partial charge is 0.142 e. The molecule has 86 valence electrons. The molecule has 2 atom stereocenters. The summed E-state index contributed by atoms with van der Waals surface area (Å²) in [5.41, 5.74) is 5.53. The molecule has 2 N–H and O–H groups in total. The Bertz CT molecular complexity index is 248. The van der Waals surface area contributed by atoms with Crippen LogP contribution in [0.3, 0.4) is 0 Å². The predicted octanol–water partition coefficient (Wildman–Crippen LogP) is 1.50. The molecule has 2 rings (SSSR count). The zero-order valence-corrected chi connectivity index (χ0v) is 9.50. The highest BCUT2D eigenvalue weighted by Crippen LogP contribution is 2.34. The third-order valence-electron chi connectivity index (χ3n) is 4.10. The molecule has 3 heteroatoms. The Morgan fingerprint density at radius 3 is 2.67 bits per heavy atom. The summed E-state index contributed by atoms with van der Waals surface area (Å²) in [6.07, 6.45) is 5.73. The molecule has 1 aliphatic carbocycles. The lowest BCUT2D eigenvalue weighted by atomic mass is 9.78. The fourth-order valence-corrected chi connectivity index (χ4v) is 2.69. The van der Waals surface area contributed by atoms with Crippen LogP contribution in [-0.4, -0.2) is 25.0 Å². The van der Waals surface area contributed by atoms with Gasteiger partial charge in [-0.1, -0.05) is 25.7 Å². The topological polar surface area (TPSA) is 52.3 Å². The van der Waals surface area contributed by atoms with E-state index < -0.39 is 5.41 Å². The Balaban J connectivity index is 1.94. The third kappa shape index (κ3) is 2.08. The molecule has 0 bridgehead atoms. The molecule has 1 heterocycles. The summed E-state index contributed by atoms with van der Waals surface area (Å²) in [6, 6.07) is -0.105. The van der Waals surface area contributed by atoms with E-state index in [1.165, 1.54) is 25.7 Å². The van der Waals surface area contributed by atoms with Crippen molar-refractivity contribution in [1.82, 2.24) is 0 Å². The van der Waals surface area contributed by atoms with E-state index in [1.807, 2.05) is 6.92 Å². The first-order chi connectivity index (χ1) is 7.13. The molecule has 15 heavy (non-hydrogen) atoms. The molecule has 0 aromatic carbocycles. The van der Waals surface area contributed by atoms with Gasteiger partial charge in [-0.05, 0) is 12.8 Å². The minimum Gasteiger partial charge on any atom is -0.379 e. The number of hydrogen-bond donors (Lipinski definition) is 1. The van der Waals surface area contributed by atoms with Gasteiger partial charge in [-0.2, -0.15) is 0 Å². The second-order valence-electron chi connectivity index (χ2n) is 5.32. The minimum absolute atomic E-state index is 0.105. The second kappa shape index (κ2) is 4.22. The Morgan fingerprint density at radius 1 is 1.47 bits per heavy atom. The van der Waals surface area contributed by atoms with Crippen LogP contribution in [-0.2, 0) is 9.53 Å². The summed E-state index contributed by atoms with van der Waals surface area (Å²) < 4.78 is 5.31. The molecule has 0 spiro atoms. The van der Waals surface area contributed by atoms with E-state index in [0.717, 1.165) is 0 Å². The number of ketones is 1. The van der Waals surface area contributed by atoms with Gasteiger partial charge in [0.15, 0.2) is 0 Å². The van der Waals surface area contributed by atoms with Crippen LogP contribution in [0.5, 0.6) is 0 Å². The van der Waals surface area contributed by atoms with Gasteiger partial charge in [0, 0.05) is 12.5 Å². The first-order valence-electron chi connectivity index (χ1n) is 5.99. The number of ether oxygens (including phenoxy) is 1. The molecule has 2 unspecified atom stereocenters. The van der Waals surface area contributed by atoms with E-state index in [4.69, 9.17) is 10.5 Å². The summed E-state index contributed by atoms with van der Waals surface area (Å²) in [7, 11) is 0. The molecule has 0 amide bonds. The zero-order chi connectivity index (χ0) is 10.9. The van der Waals surface area contributed by atoms with Gasteiger partial charge < -0.3 is 10.5 Å². The van der Waals surface area contributed by atoms with Gasteiger partial charge in [0.2, 0.25) is 0 Å². The van der Waals surface area contributed by atoms with Crippen LogP contribution in [0.15, 0.2) is 0 Å². The lowest BCUT2D eigenvalue weighted by Crippen LogP contribution is -2.44. The molecule has 1 saturated heterocycles. The van der Waals surface area contributed by atoms with Crippen molar-refractivity contribution in [1.29, 1.82) is 0 Å². The maximum absolute atomic E-state index is 12.2. The van der Waals surface area contributed by atoms with Crippen molar-refractivity contribution in [2.24, 2.45) is 17.1 Å². The second-order valence-corrected chi connectivity index (χ2v) is 5.32. The van der Waals surface area contributed by atoms with E-state index >= 15 is 0 Å². The minimum atomic E-state index is -0.414. The van der Waals surface area contributed by atoms with Crippen molar-refractivity contribution in [3.05, 3.63) is 0 Å². The number of Topliss-reactive ketones (excluding diaryl/α,β-unsaturated/α-hetero) is 1. The van der Waals surface area contributed by atoms with E-state index in [9.17, 15) is 4.79 Å². The first-order valence-corrected chi connectivity index (χ1v) is 5.99. The van der Waals surface area contributed by atoms with Crippen molar-refractivity contribution < 1.29 is 9.53 Å². The van der Waals surface area contributed by atoms with E-state index in [0.29, 0.717) is 31.3 Å². The average molecular weight is 211 g/mol. The Labute approximate surface area is 91.4 Å². The quantitative estimate of drug-likeness (QED) is 0.769. The number of hydrogen-bond acceptors (Lipinski definition) is 3. The summed E-state index contributed by atoms with van der Waals surface area (Å²) in [6.45, 7) is 3.01. The highest BCUT2D eigenvalue weighted by Gasteiger charge is 2.44. The molecule has 2 fully saturated rings. The van der Waals surface area contributed by atoms with Crippen LogP contribution < -0.4 is 5.73 Å². The van der Waals surface area contributed by atoms with Gasteiger partial charge >= 0.3 is 0 Å². The van der Waals surface area contributed by atoms with Crippen LogP contribution in [0, 0.1) is 11.3 Å². The SMILES string of the molecule is CC1(C(=O)CC2CCCC2)COCC1N. The maximum Gasteiger partial charge on any atom is 0.142 e. The zero-order valence-electron chi connectivity index (χ0n) is 9.50. The number of rotatable bonds is 3. The molecule has 3 nitrogen and oxygen atoms in total. The Morgan fingerprint density at radius 2 is 2.13 bits per heavy atom. The van der Waals surface area contributed by atoms with Gasteiger partial charge in [0.05, 0.1) is 18.6 Å². The lowest BCUT2D eigenvalue weighted by Gasteiger charge is -2.26. The van der Waals surface area contributed by atoms with E-state index in [-0.39, 0.29) is 6.04 Å². The lowest BCUT2D eigenvalue weighted by molar-refractivity contribution is -0.129. The summed E-state index contributed by atoms with van der Waals surface area (Å²) in [5, 5.41) is 0. The number of nitrogens with two attached hydrogens (primary N) is 1. The summed E-state index contributed by atoms with van der Waals surface area (Å²) >= 11 is 0. The van der Waals surface area contributed by atoms with Crippen molar-refractivity contribution in [3.63, 3.8) is 0 Å². The predicted molar refractivity (Wildman–Crippen MR) is 58.5 cm³/mol. The summed E-state index contributed by atoms with van der Waals surface area (Å²) in [4.78, 5) is 12.2. The van der Waals surface area contributed by atoms with Crippen LogP contribution in [0.4, 0.5) is 0 Å². The van der Waals surface area contributed by atoms with Crippen LogP contribution in [0.2, 0.25) is 0 Å². The van der Waals surface area contributed by atoms with Crippen molar-refractivity contribution in [2.75, 3.05) is 13.2 Å². The third-order valence-corrected chi connectivity index (χ3v) is 4.10.